The summed E-state index contributed by atoms with van der Waals surface area (Å²) in [6.45, 7) is 1.87. The van der Waals surface area contributed by atoms with Gasteiger partial charge in [0.1, 0.15) is 0 Å². The van der Waals surface area contributed by atoms with Crippen molar-refractivity contribution in [2.75, 3.05) is 0 Å². The third-order valence-electron chi connectivity index (χ3n) is 6.38. The van der Waals surface area contributed by atoms with Gasteiger partial charge in [0, 0.05) is 28.2 Å². The average Bonchev–Trinajstić information content (AvgIpc) is 3.39. The van der Waals surface area contributed by atoms with Crippen LogP contribution in [0.5, 0.6) is 0 Å². The molecule has 0 saturated carbocycles. The summed E-state index contributed by atoms with van der Waals surface area (Å²) in [5, 5.41) is 10.3. The number of carbonyl (C=O) groups is 1. The maximum Gasteiger partial charge on any atom is 0.333 e. The van der Waals surface area contributed by atoms with Crippen molar-refractivity contribution in [1.82, 2.24) is 37.4 Å². The fourth-order valence-electron chi connectivity index (χ4n) is 4.55. The van der Waals surface area contributed by atoms with E-state index in [0.29, 0.717) is 17.4 Å². The zero-order valence-electron chi connectivity index (χ0n) is 20.0. The van der Waals surface area contributed by atoms with Gasteiger partial charge >= 0.3 is 17.3 Å². The van der Waals surface area contributed by atoms with Crippen molar-refractivity contribution in [1.29, 1.82) is 0 Å². The molecular weight excluding hydrogens is 460 g/mol. The quantitative estimate of drug-likeness (QED) is 0.356. The predicted molar refractivity (Wildman–Crippen MR) is 126 cm³/mol. The van der Waals surface area contributed by atoms with Gasteiger partial charge in [0.15, 0.2) is 28.4 Å². The molecule has 2 unspecified atom stereocenters. The minimum absolute atomic E-state index is 0.0231. The van der Waals surface area contributed by atoms with E-state index in [-0.39, 0.29) is 28.7 Å². The predicted octanol–water partition coefficient (Wildman–Crippen LogP) is -0.762. The van der Waals surface area contributed by atoms with E-state index in [1.54, 1.807) is 14.1 Å². The minimum Gasteiger partial charge on any atom is -0.480 e. The van der Waals surface area contributed by atoms with Crippen LogP contribution in [0.1, 0.15) is 38.3 Å². The molecule has 0 amide bonds. The topological polar surface area (TPSA) is 161 Å². The molecule has 0 aliphatic heterocycles. The van der Waals surface area contributed by atoms with E-state index in [2.05, 4.69) is 9.97 Å². The van der Waals surface area contributed by atoms with Crippen molar-refractivity contribution in [3.63, 3.8) is 0 Å². The van der Waals surface area contributed by atoms with E-state index in [1.807, 2.05) is 6.92 Å². The SMILES string of the molecule is CCCCC(C(C(=O)O)n1c(=O)c2c(ncn2C)n(C)c1=O)n1c(=O)c2c(ncn2C)n(C)c1=O. The first-order valence-corrected chi connectivity index (χ1v) is 11.0. The van der Waals surface area contributed by atoms with Crippen molar-refractivity contribution in [2.24, 2.45) is 28.2 Å². The number of hydrogen-bond donors (Lipinski definition) is 1. The van der Waals surface area contributed by atoms with Crippen molar-refractivity contribution < 1.29 is 9.90 Å². The standard InChI is InChI=1S/C21H26N8O6/c1-6-7-8-11(28-17(30)13-15(22-9-24(13)2)26(4)20(28)34)12(19(32)33)29-18(31)14-16(23-10-25(14)3)27(5)21(29)35/h9-12H,6-8H2,1-5H3,(H,32,33). The van der Waals surface area contributed by atoms with E-state index in [0.717, 1.165) is 13.7 Å². The second-order valence-corrected chi connectivity index (χ2v) is 8.58. The largest absolute Gasteiger partial charge is 0.480 e. The van der Waals surface area contributed by atoms with Crippen molar-refractivity contribution >= 4 is 28.3 Å². The number of carboxylic acids is 1. The van der Waals surface area contributed by atoms with Crippen LogP contribution in [0.15, 0.2) is 31.8 Å². The molecule has 2 atom stereocenters. The maximum atomic E-state index is 13.5. The van der Waals surface area contributed by atoms with Crippen LogP contribution in [0.4, 0.5) is 0 Å². The smallest absolute Gasteiger partial charge is 0.333 e. The number of carboxylic acid groups (broad SMARTS) is 1. The number of hydrogen-bond acceptors (Lipinski definition) is 7. The van der Waals surface area contributed by atoms with E-state index in [9.17, 15) is 29.1 Å². The summed E-state index contributed by atoms with van der Waals surface area (Å²) >= 11 is 0. The van der Waals surface area contributed by atoms with Gasteiger partial charge in [-0.2, -0.15) is 0 Å². The molecule has 0 fully saturated rings. The van der Waals surface area contributed by atoms with Crippen LogP contribution in [0.2, 0.25) is 0 Å². The number of fused-ring (bicyclic) bond motifs is 2. The van der Waals surface area contributed by atoms with Gasteiger partial charge in [-0.05, 0) is 6.42 Å². The summed E-state index contributed by atoms with van der Waals surface area (Å²) in [7, 11) is 5.93. The Bertz CT molecular complexity index is 1710. The molecule has 0 bridgehead atoms. The van der Waals surface area contributed by atoms with E-state index in [1.165, 1.54) is 35.9 Å². The van der Waals surface area contributed by atoms with Crippen LogP contribution in [0.3, 0.4) is 0 Å². The van der Waals surface area contributed by atoms with E-state index >= 15 is 0 Å². The first-order chi connectivity index (χ1) is 16.5. The highest BCUT2D eigenvalue weighted by Crippen LogP contribution is 2.26. The lowest BCUT2D eigenvalue weighted by Crippen LogP contribution is -2.51. The number of aromatic nitrogens is 8. The summed E-state index contributed by atoms with van der Waals surface area (Å²) in [4.78, 5) is 74.4. The lowest BCUT2D eigenvalue weighted by atomic mass is 10.0. The van der Waals surface area contributed by atoms with Gasteiger partial charge in [-0.1, -0.05) is 19.8 Å². The second kappa shape index (κ2) is 8.52. The molecule has 0 saturated heterocycles. The normalized spacial score (nSPS) is 13.5. The Morgan fingerprint density at radius 1 is 0.857 bits per heavy atom. The fourth-order valence-corrected chi connectivity index (χ4v) is 4.55. The Kier molecular flexibility index (Phi) is 5.82. The molecule has 4 aromatic rings. The Balaban J connectivity index is 2.12. The van der Waals surface area contributed by atoms with Crippen LogP contribution in [-0.4, -0.2) is 48.4 Å². The number of nitrogens with zero attached hydrogens (tertiary/aromatic N) is 8. The van der Waals surface area contributed by atoms with Crippen LogP contribution in [-0.2, 0) is 33.0 Å². The number of aliphatic carboxylic acids is 1. The molecule has 4 rings (SSSR count). The molecule has 35 heavy (non-hydrogen) atoms. The first-order valence-electron chi connectivity index (χ1n) is 11.0. The molecule has 186 valence electrons. The first kappa shape index (κ1) is 23.9. The van der Waals surface area contributed by atoms with E-state index < -0.39 is 40.6 Å². The zero-order valence-corrected chi connectivity index (χ0v) is 20.0. The highest BCUT2D eigenvalue weighted by atomic mass is 16.4. The average molecular weight is 486 g/mol. The van der Waals surface area contributed by atoms with Gasteiger partial charge in [-0.3, -0.25) is 23.3 Å². The number of imidazole rings is 2. The minimum atomic E-state index is -1.83. The number of aryl methyl sites for hydroxylation is 4. The molecule has 14 nitrogen and oxygen atoms in total. The van der Waals surface area contributed by atoms with Gasteiger partial charge in [0.05, 0.1) is 18.7 Å². The lowest BCUT2D eigenvalue weighted by Gasteiger charge is -2.27. The lowest BCUT2D eigenvalue weighted by molar-refractivity contribution is -0.142. The summed E-state index contributed by atoms with van der Waals surface area (Å²) in [6.07, 6.45) is 3.85. The third-order valence-corrected chi connectivity index (χ3v) is 6.38. The second-order valence-electron chi connectivity index (χ2n) is 8.58. The highest BCUT2D eigenvalue weighted by Gasteiger charge is 2.37. The number of unbranched alkanes of at least 4 members (excludes halogenated alkanes) is 1. The Morgan fingerprint density at radius 3 is 1.77 bits per heavy atom. The molecule has 0 aliphatic rings. The fraction of sp³-hybridized carbons (Fsp3) is 0.476. The van der Waals surface area contributed by atoms with Crippen molar-refractivity contribution in [3.05, 3.63) is 54.3 Å². The van der Waals surface area contributed by atoms with Crippen LogP contribution < -0.4 is 22.5 Å². The highest BCUT2D eigenvalue weighted by molar-refractivity contribution is 5.75. The van der Waals surface area contributed by atoms with Crippen LogP contribution >= 0.6 is 0 Å². The molecular formula is C21H26N8O6. The summed E-state index contributed by atoms with van der Waals surface area (Å²) < 4.78 is 6.49. The Labute approximate surface area is 196 Å². The Hall–Kier alpha value is -4.23. The molecule has 4 heterocycles. The van der Waals surface area contributed by atoms with E-state index in [4.69, 9.17) is 0 Å². The van der Waals surface area contributed by atoms with Crippen molar-refractivity contribution in [2.45, 2.75) is 38.3 Å². The van der Waals surface area contributed by atoms with Gasteiger partial charge in [-0.15, -0.1) is 0 Å². The molecule has 4 aromatic heterocycles. The summed E-state index contributed by atoms with van der Waals surface area (Å²) in [5.74, 6) is -1.52. The molecule has 1 N–H and O–H groups in total. The monoisotopic (exact) mass is 486 g/mol. The third kappa shape index (κ3) is 3.43. The van der Waals surface area contributed by atoms with Crippen molar-refractivity contribution in [3.8, 4) is 0 Å². The Morgan fingerprint density at radius 2 is 1.31 bits per heavy atom. The van der Waals surface area contributed by atoms with Crippen LogP contribution in [0, 0.1) is 0 Å². The molecule has 0 aliphatic carbocycles. The van der Waals surface area contributed by atoms with Gasteiger partial charge < -0.3 is 14.2 Å². The maximum absolute atomic E-state index is 13.5. The molecule has 0 spiro atoms. The van der Waals surface area contributed by atoms with Gasteiger partial charge in [0.2, 0.25) is 0 Å². The summed E-state index contributed by atoms with van der Waals surface area (Å²) in [6, 6.07) is -3.16. The number of rotatable bonds is 7. The van der Waals surface area contributed by atoms with Crippen LogP contribution in [0.25, 0.3) is 22.3 Å². The molecule has 14 heteroatoms. The zero-order chi connectivity index (χ0) is 25.8. The summed E-state index contributed by atoms with van der Waals surface area (Å²) in [5.41, 5.74) is -2.97. The molecule has 0 radical (unpaired) electrons. The van der Waals surface area contributed by atoms with Gasteiger partial charge in [0.25, 0.3) is 11.1 Å². The van der Waals surface area contributed by atoms with Gasteiger partial charge in [-0.25, -0.2) is 28.9 Å². The molecule has 0 aromatic carbocycles.